The highest BCUT2D eigenvalue weighted by atomic mass is 79.9. The quantitative estimate of drug-likeness (QED) is 0.624. The molecule has 0 amide bonds. The number of hydrogen-bond acceptors (Lipinski definition) is 1. The molecule has 0 bridgehead atoms. The molecular weight excluding hydrogens is 336 g/mol. The minimum absolute atomic E-state index is 0.152. The van der Waals surface area contributed by atoms with Crippen LogP contribution in [-0.4, -0.2) is 6.10 Å². The number of benzene rings is 2. The van der Waals surface area contributed by atoms with Crippen molar-refractivity contribution in [1.82, 2.24) is 0 Å². The fourth-order valence-electron chi connectivity index (χ4n) is 2.07. The summed E-state index contributed by atoms with van der Waals surface area (Å²) in [4.78, 5) is 0. The van der Waals surface area contributed by atoms with Crippen molar-refractivity contribution in [3.8, 4) is 5.75 Å². The van der Waals surface area contributed by atoms with Gasteiger partial charge >= 0.3 is 0 Å². The van der Waals surface area contributed by atoms with Gasteiger partial charge < -0.3 is 4.74 Å². The van der Waals surface area contributed by atoms with Gasteiger partial charge in [0.15, 0.2) is 0 Å². The Balaban J connectivity index is 2.25. The van der Waals surface area contributed by atoms with E-state index in [2.05, 4.69) is 28.9 Å². The summed E-state index contributed by atoms with van der Waals surface area (Å²) < 4.78 is 6.73. The fourth-order valence-corrected chi connectivity index (χ4v) is 2.83. The molecule has 20 heavy (non-hydrogen) atoms. The molecule has 0 N–H and O–H groups in total. The van der Waals surface area contributed by atoms with Gasteiger partial charge in [-0.15, -0.1) is 11.6 Å². The minimum Gasteiger partial charge on any atom is -0.491 e. The maximum Gasteiger partial charge on any atom is 0.119 e. The summed E-state index contributed by atoms with van der Waals surface area (Å²) in [6.07, 6.45) is 0.181. The molecule has 1 unspecified atom stereocenters. The van der Waals surface area contributed by atoms with Crippen LogP contribution in [0, 0.1) is 6.92 Å². The number of rotatable bonds is 4. The van der Waals surface area contributed by atoms with Crippen LogP contribution in [0.25, 0.3) is 0 Å². The predicted octanol–water partition coefficient (Wildman–Crippen LogP) is 5.87. The lowest BCUT2D eigenvalue weighted by atomic mass is 10.00. The molecule has 0 aliphatic heterocycles. The van der Waals surface area contributed by atoms with Gasteiger partial charge in [-0.2, -0.15) is 0 Å². The zero-order chi connectivity index (χ0) is 14.7. The summed E-state index contributed by atoms with van der Waals surface area (Å²) in [6, 6.07) is 14.1. The molecule has 1 nitrogen and oxygen atoms in total. The standard InChI is InChI=1S/C17H18BrClO/c1-11(2)20-14-9-7-13(8-10-14)17(19)15-5-4-6-16(18)12(15)3/h4-11,17H,1-3H3. The van der Waals surface area contributed by atoms with Crippen LogP contribution in [0.1, 0.15) is 35.9 Å². The lowest BCUT2D eigenvalue weighted by molar-refractivity contribution is 0.242. The molecule has 3 heteroatoms. The topological polar surface area (TPSA) is 9.23 Å². The zero-order valence-corrected chi connectivity index (χ0v) is 14.2. The second-order valence-corrected chi connectivity index (χ2v) is 6.34. The van der Waals surface area contributed by atoms with Gasteiger partial charge in [0.05, 0.1) is 11.5 Å². The second kappa shape index (κ2) is 6.64. The average molecular weight is 354 g/mol. The van der Waals surface area contributed by atoms with Gasteiger partial charge in [0, 0.05) is 4.47 Å². The Hall–Kier alpha value is -0.990. The molecule has 2 rings (SSSR count). The van der Waals surface area contributed by atoms with Crippen molar-refractivity contribution in [2.24, 2.45) is 0 Å². The molecule has 2 aromatic rings. The van der Waals surface area contributed by atoms with Gasteiger partial charge in [0.2, 0.25) is 0 Å². The third-order valence-corrected chi connectivity index (χ3v) is 4.47. The number of ether oxygens (including phenoxy) is 1. The molecule has 2 aromatic carbocycles. The van der Waals surface area contributed by atoms with E-state index in [0.717, 1.165) is 21.3 Å². The van der Waals surface area contributed by atoms with Crippen molar-refractivity contribution in [1.29, 1.82) is 0 Å². The number of hydrogen-bond donors (Lipinski definition) is 0. The summed E-state index contributed by atoms with van der Waals surface area (Å²) in [7, 11) is 0. The second-order valence-electron chi connectivity index (χ2n) is 5.05. The Morgan fingerprint density at radius 2 is 1.70 bits per heavy atom. The van der Waals surface area contributed by atoms with E-state index in [-0.39, 0.29) is 11.5 Å². The van der Waals surface area contributed by atoms with Crippen LogP contribution in [0.15, 0.2) is 46.9 Å². The summed E-state index contributed by atoms with van der Waals surface area (Å²) in [5.41, 5.74) is 3.37. The van der Waals surface area contributed by atoms with E-state index in [4.69, 9.17) is 16.3 Å². The SMILES string of the molecule is Cc1c(Br)cccc1C(Cl)c1ccc(OC(C)C)cc1. The van der Waals surface area contributed by atoms with Crippen LogP contribution in [0.5, 0.6) is 5.75 Å². The van der Waals surface area contributed by atoms with Crippen molar-refractivity contribution in [3.63, 3.8) is 0 Å². The minimum atomic E-state index is -0.152. The molecule has 0 saturated carbocycles. The van der Waals surface area contributed by atoms with E-state index in [9.17, 15) is 0 Å². The third-order valence-electron chi connectivity index (χ3n) is 3.13. The van der Waals surface area contributed by atoms with Crippen LogP contribution < -0.4 is 4.74 Å². The average Bonchev–Trinajstić information content (AvgIpc) is 2.41. The van der Waals surface area contributed by atoms with E-state index in [1.807, 2.05) is 50.2 Å². The Bertz CT molecular complexity index is 578. The van der Waals surface area contributed by atoms with E-state index in [1.54, 1.807) is 0 Å². The van der Waals surface area contributed by atoms with E-state index < -0.39 is 0 Å². The fraction of sp³-hybridized carbons (Fsp3) is 0.294. The zero-order valence-electron chi connectivity index (χ0n) is 11.9. The maximum absolute atomic E-state index is 6.61. The van der Waals surface area contributed by atoms with Crippen LogP contribution in [0.4, 0.5) is 0 Å². The van der Waals surface area contributed by atoms with Gasteiger partial charge in [-0.3, -0.25) is 0 Å². The molecule has 0 aliphatic rings. The summed E-state index contributed by atoms with van der Waals surface area (Å²) in [6.45, 7) is 6.11. The highest BCUT2D eigenvalue weighted by Crippen LogP contribution is 2.34. The lowest BCUT2D eigenvalue weighted by Crippen LogP contribution is -2.05. The van der Waals surface area contributed by atoms with Crippen molar-refractivity contribution in [3.05, 3.63) is 63.6 Å². The lowest BCUT2D eigenvalue weighted by Gasteiger charge is -2.15. The maximum atomic E-state index is 6.61. The molecular formula is C17H18BrClO. The third kappa shape index (κ3) is 3.56. The van der Waals surface area contributed by atoms with Gasteiger partial charge in [0.25, 0.3) is 0 Å². The molecule has 0 fully saturated rings. The first-order valence-electron chi connectivity index (χ1n) is 6.64. The molecule has 0 spiro atoms. The first-order valence-corrected chi connectivity index (χ1v) is 7.87. The number of alkyl halides is 1. The summed E-state index contributed by atoms with van der Waals surface area (Å²) >= 11 is 10.2. The molecule has 0 aromatic heterocycles. The molecule has 0 aliphatic carbocycles. The Morgan fingerprint density at radius 1 is 1.05 bits per heavy atom. The van der Waals surface area contributed by atoms with Gasteiger partial charge in [-0.1, -0.05) is 40.2 Å². The molecule has 0 heterocycles. The molecule has 1 atom stereocenters. The monoisotopic (exact) mass is 352 g/mol. The molecule has 0 radical (unpaired) electrons. The summed E-state index contributed by atoms with van der Waals surface area (Å²) in [5.74, 6) is 0.874. The van der Waals surface area contributed by atoms with Gasteiger partial charge in [-0.05, 0) is 55.7 Å². The largest absolute Gasteiger partial charge is 0.491 e. The predicted molar refractivity (Wildman–Crippen MR) is 88.8 cm³/mol. The van der Waals surface area contributed by atoms with Gasteiger partial charge in [0.1, 0.15) is 5.75 Å². The van der Waals surface area contributed by atoms with Crippen molar-refractivity contribution < 1.29 is 4.74 Å². The first kappa shape index (κ1) is 15.4. The molecule has 106 valence electrons. The van der Waals surface area contributed by atoms with Crippen LogP contribution in [0.3, 0.4) is 0 Å². The van der Waals surface area contributed by atoms with Crippen LogP contribution >= 0.6 is 27.5 Å². The van der Waals surface area contributed by atoms with Crippen molar-refractivity contribution in [2.45, 2.75) is 32.3 Å². The highest BCUT2D eigenvalue weighted by molar-refractivity contribution is 9.10. The first-order chi connectivity index (χ1) is 9.49. The highest BCUT2D eigenvalue weighted by Gasteiger charge is 2.14. The Morgan fingerprint density at radius 3 is 2.30 bits per heavy atom. The van der Waals surface area contributed by atoms with Crippen LogP contribution in [0.2, 0.25) is 0 Å². The smallest absolute Gasteiger partial charge is 0.119 e. The normalized spacial score (nSPS) is 12.5. The molecule has 0 saturated heterocycles. The summed E-state index contributed by atoms with van der Waals surface area (Å²) in [5, 5.41) is -0.152. The van der Waals surface area contributed by atoms with E-state index >= 15 is 0 Å². The van der Waals surface area contributed by atoms with Crippen LogP contribution in [-0.2, 0) is 0 Å². The van der Waals surface area contributed by atoms with E-state index in [1.165, 1.54) is 5.56 Å². The Labute approximate surface area is 134 Å². The van der Waals surface area contributed by atoms with Gasteiger partial charge in [-0.25, -0.2) is 0 Å². The Kier molecular flexibility index (Phi) is 5.11. The number of halogens is 2. The van der Waals surface area contributed by atoms with E-state index in [0.29, 0.717) is 0 Å². The van der Waals surface area contributed by atoms with Crippen molar-refractivity contribution in [2.75, 3.05) is 0 Å². The van der Waals surface area contributed by atoms with Crippen molar-refractivity contribution >= 4 is 27.5 Å².